The molecule has 0 aliphatic carbocycles. The van der Waals surface area contributed by atoms with Crippen molar-refractivity contribution >= 4 is 0 Å². The smallest absolute Gasteiger partial charge is 0.0294 e. The van der Waals surface area contributed by atoms with E-state index < -0.39 is 0 Å². The Balaban J connectivity index is 4.28. The molecule has 0 spiro atoms. The van der Waals surface area contributed by atoms with Crippen molar-refractivity contribution in [2.45, 2.75) is 41.0 Å². The average Bonchev–Trinajstić information content (AvgIpc) is 1.84. The molecule has 0 nitrogen and oxygen atoms in total. The molecule has 0 aliphatic rings. The molecule has 0 N–H and O–H groups in total. The third-order valence-electron chi connectivity index (χ3n) is 1.99. The largest absolute Gasteiger partial charge is 0.0959 e. The topological polar surface area (TPSA) is 0 Å². The van der Waals surface area contributed by atoms with Gasteiger partial charge < -0.3 is 0 Å². The summed E-state index contributed by atoms with van der Waals surface area (Å²) in [6.45, 7) is 14.8. The Bertz CT molecular complexity index is 170. The number of hydrogen-bond acceptors (Lipinski definition) is 0. The molecule has 11 heavy (non-hydrogen) atoms. The second kappa shape index (κ2) is 4.38. The highest BCUT2D eigenvalue weighted by Crippen LogP contribution is 2.18. The molecule has 0 heterocycles. The average molecular weight is 152 g/mol. The lowest BCUT2D eigenvalue weighted by atomic mass is 9.97. The molecular formula is C11H20. The quantitative estimate of drug-likeness (QED) is 0.537. The number of allylic oxidation sites excluding steroid dienone is 3. The summed E-state index contributed by atoms with van der Waals surface area (Å²) in [5.41, 5.74) is 4.05. The van der Waals surface area contributed by atoms with Crippen molar-refractivity contribution in [1.82, 2.24) is 0 Å². The summed E-state index contributed by atoms with van der Waals surface area (Å²) in [5.74, 6) is 0.754. The summed E-state index contributed by atoms with van der Waals surface area (Å²) in [4.78, 5) is 0. The van der Waals surface area contributed by atoms with Gasteiger partial charge in [-0.05, 0) is 38.7 Å². The Morgan fingerprint density at radius 2 is 1.64 bits per heavy atom. The molecule has 0 radical (unpaired) electrons. The van der Waals surface area contributed by atoms with E-state index in [1.165, 1.54) is 23.1 Å². The van der Waals surface area contributed by atoms with Crippen molar-refractivity contribution in [2.75, 3.05) is 0 Å². The van der Waals surface area contributed by atoms with Gasteiger partial charge in [0.05, 0.1) is 0 Å². The monoisotopic (exact) mass is 152 g/mol. The predicted octanol–water partition coefficient (Wildman–Crippen LogP) is 3.95. The van der Waals surface area contributed by atoms with Gasteiger partial charge in [-0.25, -0.2) is 0 Å². The van der Waals surface area contributed by atoms with Crippen LogP contribution in [0.25, 0.3) is 0 Å². The molecule has 0 fully saturated rings. The normalized spacial score (nSPS) is 13.3. The maximum absolute atomic E-state index is 3.93. The summed E-state index contributed by atoms with van der Waals surface area (Å²) < 4.78 is 0. The van der Waals surface area contributed by atoms with Gasteiger partial charge >= 0.3 is 0 Å². The number of rotatable bonds is 3. The first kappa shape index (κ1) is 10.5. The minimum Gasteiger partial charge on any atom is -0.0959 e. The molecule has 0 saturated carbocycles. The Hall–Kier alpha value is -0.520. The fourth-order valence-corrected chi connectivity index (χ4v) is 1.13. The van der Waals surface area contributed by atoms with Crippen molar-refractivity contribution in [3.8, 4) is 0 Å². The summed E-state index contributed by atoms with van der Waals surface area (Å²) in [6, 6.07) is 0. The standard InChI is InChI=1S/C11H20/c1-8(2)7-10(5)11(6)9(3)4/h8H,3,7H2,1-2,4-6H3. The Kier molecular flexibility index (Phi) is 4.17. The van der Waals surface area contributed by atoms with E-state index in [1.54, 1.807) is 0 Å². The van der Waals surface area contributed by atoms with E-state index >= 15 is 0 Å². The van der Waals surface area contributed by atoms with Crippen molar-refractivity contribution in [3.05, 3.63) is 23.3 Å². The lowest BCUT2D eigenvalue weighted by Crippen LogP contribution is -1.92. The lowest BCUT2D eigenvalue weighted by Gasteiger charge is -2.09. The first-order chi connectivity index (χ1) is 4.95. The van der Waals surface area contributed by atoms with Crippen LogP contribution in [0.1, 0.15) is 41.0 Å². The van der Waals surface area contributed by atoms with E-state index in [4.69, 9.17) is 0 Å². The summed E-state index contributed by atoms with van der Waals surface area (Å²) >= 11 is 0. The van der Waals surface area contributed by atoms with Gasteiger partial charge in [-0.3, -0.25) is 0 Å². The highest BCUT2D eigenvalue weighted by atomic mass is 14.1. The third-order valence-corrected chi connectivity index (χ3v) is 1.99. The van der Waals surface area contributed by atoms with Crippen LogP contribution in [0.3, 0.4) is 0 Å². The van der Waals surface area contributed by atoms with Gasteiger partial charge in [0.25, 0.3) is 0 Å². The van der Waals surface area contributed by atoms with Gasteiger partial charge in [-0.2, -0.15) is 0 Å². The highest BCUT2D eigenvalue weighted by molar-refractivity contribution is 5.28. The first-order valence-corrected chi connectivity index (χ1v) is 4.27. The Morgan fingerprint density at radius 3 is 1.91 bits per heavy atom. The molecule has 64 valence electrons. The molecule has 0 aromatic rings. The van der Waals surface area contributed by atoms with Gasteiger partial charge in [0, 0.05) is 0 Å². The van der Waals surface area contributed by atoms with Gasteiger partial charge in [0.1, 0.15) is 0 Å². The van der Waals surface area contributed by atoms with Crippen LogP contribution in [-0.4, -0.2) is 0 Å². The van der Waals surface area contributed by atoms with E-state index in [-0.39, 0.29) is 0 Å². The van der Waals surface area contributed by atoms with Crippen LogP contribution in [-0.2, 0) is 0 Å². The van der Waals surface area contributed by atoms with Crippen LogP contribution < -0.4 is 0 Å². The molecule has 0 aromatic carbocycles. The Morgan fingerprint density at radius 1 is 1.18 bits per heavy atom. The van der Waals surface area contributed by atoms with E-state index in [0.29, 0.717) is 0 Å². The van der Waals surface area contributed by atoms with Crippen molar-refractivity contribution in [2.24, 2.45) is 5.92 Å². The second-order valence-electron chi connectivity index (χ2n) is 3.78. The summed E-state index contributed by atoms with van der Waals surface area (Å²) in [7, 11) is 0. The molecule has 0 aliphatic heterocycles. The SMILES string of the molecule is C=C(C)C(C)=C(C)CC(C)C. The predicted molar refractivity (Wildman–Crippen MR) is 52.6 cm³/mol. The van der Waals surface area contributed by atoms with Crippen LogP contribution in [0.15, 0.2) is 23.3 Å². The molecule has 0 unspecified atom stereocenters. The fraction of sp³-hybridized carbons (Fsp3) is 0.636. The lowest BCUT2D eigenvalue weighted by molar-refractivity contribution is 0.639. The highest BCUT2D eigenvalue weighted by Gasteiger charge is 2.00. The summed E-state index contributed by atoms with van der Waals surface area (Å²) in [5, 5.41) is 0. The van der Waals surface area contributed by atoms with Crippen molar-refractivity contribution in [1.29, 1.82) is 0 Å². The first-order valence-electron chi connectivity index (χ1n) is 4.27. The molecule has 0 aromatic heterocycles. The maximum atomic E-state index is 3.93. The van der Waals surface area contributed by atoms with Crippen molar-refractivity contribution < 1.29 is 0 Å². The van der Waals surface area contributed by atoms with E-state index in [2.05, 4.69) is 41.2 Å². The van der Waals surface area contributed by atoms with Gasteiger partial charge in [-0.1, -0.05) is 31.6 Å². The molecule has 0 bridgehead atoms. The zero-order valence-corrected chi connectivity index (χ0v) is 8.49. The minimum absolute atomic E-state index is 0.754. The van der Waals surface area contributed by atoms with E-state index in [1.807, 2.05) is 0 Å². The van der Waals surface area contributed by atoms with Gasteiger partial charge in [0.15, 0.2) is 0 Å². The van der Waals surface area contributed by atoms with Crippen LogP contribution in [0, 0.1) is 5.92 Å². The van der Waals surface area contributed by atoms with Crippen molar-refractivity contribution in [3.63, 3.8) is 0 Å². The minimum atomic E-state index is 0.754. The van der Waals surface area contributed by atoms with Crippen LogP contribution in [0.5, 0.6) is 0 Å². The van der Waals surface area contributed by atoms with Crippen LogP contribution >= 0.6 is 0 Å². The zero-order chi connectivity index (χ0) is 9.02. The third kappa shape index (κ3) is 4.02. The fourth-order valence-electron chi connectivity index (χ4n) is 1.13. The number of hydrogen-bond donors (Lipinski definition) is 0. The molecule has 0 rings (SSSR count). The maximum Gasteiger partial charge on any atom is -0.0294 e. The molecule has 0 saturated heterocycles. The van der Waals surface area contributed by atoms with Gasteiger partial charge in [-0.15, -0.1) is 0 Å². The van der Waals surface area contributed by atoms with Crippen LogP contribution in [0.2, 0.25) is 0 Å². The molecule has 0 heteroatoms. The molecule has 0 amide bonds. The summed E-state index contributed by atoms with van der Waals surface area (Å²) in [6.07, 6.45) is 1.19. The van der Waals surface area contributed by atoms with Crippen LogP contribution in [0.4, 0.5) is 0 Å². The second-order valence-corrected chi connectivity index (χ2v) is 3.78. The zero-order valence-electron chi connectivity index (χ0n) is 8.49. The van der Waals surface area contributed by atoms with Gasteiger partial charge in [0.2, 0.25) is 0 Å². The van der Waals surface area contributed by atoms with E-state index in [9.17, 15) is 0 Å². The Labute approximate surface area is 71.0 Å². The molecule has 0 atom stereocenters. The van der Waals surface area contributed by atoms with E-state index in [0.717, 1.165) is 5.92 Å². The molecular weight excluding hydrogens is 132 g/mol.